The van der Waals surface area contributed by atoms with Crippen LogP contribution < -0.4 is 5.84 Å². The molecule has 0 bridgehead atoms. The number of aryl methyl sites for hydroxylation is 1. The molecule has 1 heterocycles. The van der Waals surface area contributed by atoms with Gasteiger partial charge in [0, 0.05) is 18.3 Å². The summed E-state index contributed by atoms with van der Waals surface area (Å²) < 4.78 is 14.8. The Morgan fingerprint density at radius 2 is 1.71 bits per heavy atom. The quantitative estimate of drug-likeness (QED) is 0.725. The number of benzene rings is 2. The van der Waals surface area contributed by atoms with Crippen LogP contribution >= 0.6 is 0 Å². The SMILES string of the molecule is Cc1ccn(N)c1Cc1ccccc1-c1ccc(F)cc1. The minimum Gasteiger partial charge on any atom is -0.339 e. The summed E-state index contributed by atoms with van der Waals surface area (Å²) in [4.78, 5) is 0. The lowest BCUT2D eigenvalue weighted by molar-refractivity contribution is 0.628. The fraction of sp³-hybridized carbons (Fsp3) is 0.111. The molecule has 0 radical (unpaired) electrons. The standard InChI is InChI=1S/C18H17FN2/c1-13-10-11-21(20)18(13)12-15-4-2-3-5-17(15)14-6-8-16(19)9-7-14/h2-11H,12,20H2,1H3. The molecule has 0 unspecified atom stereocenters. The van der Waals surface area contributed by atoms with Gasteiger partial charge in [-0.15, -0.1) is 0 Å². The van der Waals surface area contributed by atoms with Gasteiger partial charge in [-0.3, -0.25) is 4.68 Å². The molecule has 21 heavy (non-hydrogen) atoms. The Morgan fingerprint density at radius 1 is 1.00 bits per heavy atom. The van der Waals surface area contributed by atoms with Gasteiger partial charge >= 0.3 is 0 Å². The van der Waals surface area contributed by atoms with E-state index in [4.69, 9.17) is 5.84 Å². The zero-order chi connectivity index (χ0) is 14.8. The zero-order valence-corrected chi connectivity index (χ0v) is 11.9. The average molecular weight is 280 g/mol. The third-order valence-electron chi connectivity index (χ3n) is 3.78. The Morgan fingerprint density at radius 3 is 2.38 bits per heavy atom. The smallest absolute Gasteiger partial charge is 0.123 e. The van der Waals surface area contributed by atoms with Gasteiger partial charge in [-0.2, -0.15) is 0 Å². The first-order valence-electron chi connectivity index (χ1n) is 6.91. The molecule has 2 N–H and O–H groups in total. The molecule has 0 spiro atoms. The van der Waals surface area contributed by atoms with E-state index in [-0.39, 0.29) is 5.82 Å². The van der Waals surface area contributed by atoms with E-state index in [2.05, 4.69) is 19.1 Å². The molecule has 0 amide bonds. The first kappa shape index (κ1) is 13.4. The van der Waals surface area contributed by atoms with E-state index in [1.54, 1.807) is 4.68 Å². The van der Waals surface area contributed by atoms with E-state index in [1.165, 1.54) is 23.3 Å². The van der Waals surface area contributed by atoms with Crippen LogP contribution in [0.2, 0.25) is 0 Å². The first-order chi connectivity index (χ1) is 10.1. The second kappa shape index (κ2) is 5.44. The summed E-state index contributed by atoms with van der Waals surface area (Å²) in [6.07, 6.45) is 2.62. The molecular weight excluding hydrogens is 263 g/mol. The van der Waals surface area contributed by atoms with Crippen molar-refractivity contribution >= 4 is 0 Å². The van der Waals surface area contributed by atoms with Gasteiger partial charge in [-0.1, -0.05) is 36.4 Å². The molecular formula is C18H17FN2. The summed E-state index contributed by atoms with van der Waals surface area (Å²) in [6, 6.07) is 16.8. The number of halogens is 1. The highest BCUT2D eigenvalue weighted by Crippen LogP contribution is 2.26. The Kier molecular flexibility index (Phi) is 3.48. The molecule has 3 rings (SSSR count). The Bertz CT molecular complexity index is 738. The fourth-order valence-corrected chi connectivity index (χ4v) is 2.58. The van der Waals surface area contributed by atoms with Crippen molar-refractivity contribution in [2.75, 3.05) is 5.84 Å². The van der Waals surface area contributed by atoms with Crippen LogP contribution in [-0.2, 0) is 6.42 Å². The monoisotopic (exact) mass is 280 g/mol. The molecule has 3 heteroatoms. The van der Waals surface area contributed by atoms with Crippen molar-refractivity contribution in [3.05, 3.63) is 83.4 Å². The van der Waals surface area contributed by atoms with E-state index >= 15 is 0 Å². The molecule has 0 atom stereocenters. The van der Waals surface area contributed by atoms with E-state index in [1.807, 2.05) is 36.5 Å². The van der Waals surface area contributed by atoms with Crippen molar-refractivity contribution in [1.29, 1.82) is 0 Å². The fourth-order valence-electron chi connectivity index (χ4n) is 2.58. The van der Waals surface area contributed by atoms with Crippen molar-refractivity contribution in [2.45, 2.75) is 13.3 Å². The zero-order valence-electron chi connectivity index (χ0n) is 11.9. The van der Waals surface area contributed by atoms with E-state index in [9.17, 15) is 4.39 Å². The van der Waals surface area contributed by atoms with Crippen LogP contribution in [0.15, 0.2) is 60.8 Å². The van der Waals surface area contributed by atoms with Crippen LogP contribution in [0, 0.1) is 12.7 Å². The molecule has 0 aliphatic heterocycles. The van der Waals surface area contributed by atoms with Crippen LogP contribution in [-0.4, -0.2) is 4.68 Å². The predicted octanol–water partition coefficient (Wildman–Crippen LogP) is 3.91. The predicted molar refractivity (Wildman–Crippen MR) is 84.0 cm³/mol. The molecule has 1 aromatic heterocycles. The summed E-state index contributed by atoms with van der Waals surface area (Å²) in [7, 11) is 0. The molecule has 0 aliphatic carbocycles. The van der Waals surface area contributed by atoms with Crippen LogP contribution in [0.25, 0.3) is 11.1 Å². The maximum Gasteiger partial charge on any atom is 0.123 e. The summed E-state index contributed by atoms with van der Waals surface area (Å²) in [6.45, 7) is 2.05. The molecule has 106 valence electrons. The van der Waals surface area contributed by atoms with E-state index in [0.717, 1.165) is 23.2 Å². The van der Waals surface area contributed by atoms with Crippen LogP contribution in [0.1, 0.15) is 16.8 Å². The number of aromatic nitrogens is 1. The number of hydrogen-bond donors (Lipinski definition) is 1. The van der Waals surface area contributed by atoms with Gasteiger partial charge in [0.1, 0.15) is 5.82 Å². The maximum absolute atomic E-state index is 13.1. The third kappa shape index (κ3) is 2.68. The van der Waals surface area contributed by atoms with Gasteiger partial charge in [0.05, 0.1) is 0 Å². The molecule has 2 nitrogen and oxygen atoms in total. The average Bonchev–Trinajstić information content (AvgIpc) is 2.81. The summed E-state index contributed by atoms with van der Waals surface area (Å²) in [5.74, 6) is 5.75. The second-order valence-corrected chi connectivity index (χ2v) is 5.19. The van der Waals surface area contributed by atoms with E-state index < -0.39 is 0 Å². The maximum atomic E-state index is 13.1. The van der Waals surface area contributed by atoms with Crippen molar-refractivity contribution in [3.8, 4) is 11.1 Å². The number of nitrogens with zero attached hydrogens (tertiary/aromatic N) is 1. The summed E-state index contributed by atoms with van der Waals surface area (Å²) in [5.41, 5.74) is 5.56. The number of hydrogen-bond acceptors (Lipinski definition) is 1. The Labute approximate surface area is 123 Å². The van der Waals surface area contributed by atoms with Crippen LogP contribution in [0.3, 0.4) is 0 Å². The lowest BCUT2D eigenvalue weighted by Crippen LogP contribution is -2.12. The molecule has 3 aromatic rings. The molecule has 0 saturated heterocycles. The van der Waals surface area contributed by atoms with Crippen molar-refractivity contribution in [3.63, 3.8) is 0 Å². The van der Waals surface area contributed by atoms with Crippen LogP contribution in [0.5, 0.6) is 0 Å². The van der Waals surface area contributed by atoms with E-state index in [0.29, 0.717) is 0 Å². The highest BCUT2D eigenvalue weighted by Gasteiger charge is 2.09. The number of nitrogen functional groups attached to an aromatic ring is 1. The largest absolute Gasteiger partial charge is 0.339 e. The highest BCUT2D eigenvalue weighted by molar-refractivity contribution is 5.67. The normalized spacial score (nSPS) is 10.8. The van der Waals surface area contributed by atoms with Gasteiger partial charge in [0.2, 0.25) is 0 Å². The summed E-state index contributed by atoms with van der Waals surface area (Å²) in [5, 5.41) is 0. The van der Waals surface area contributed by atoms with Crippen LogP contribution in [0.4, 0.5) is 4.39 Å². The number of rotatable bonds is 3. The number of nitrogens with two attached hydrogens (primary N) is 1. The van der Waals surface area contributed by atoms with Gasteiger partial charge in [0.15, 0.2) is 0 Å². The second-order valence-electron chi connectivity index (χ2n) is 5.19. The molecule has 2 aromatic carbocycles. The third-order valence-corrected chi connectivity index (χ3v) is 3.78. The van der Waals surface area contributed by atoms with Crippen molar-refractivity contribution in [2.24, 2.45) is 0 Å². The lowest BCUT2D eigenvalue weighted by Gasteiger charge is -2.11. The molecule has 0 fully saturated rings. The minimum absolute atomic E-state index is 0.220. The summed E-state index contributed by atoms with van der Waals surface area (Å²) >= 11 is 0. The lowest BCUT2D eigenvalue weighted by atomic mass is 9.96. The highest BCUT2D eigenvalue weighted by atomic mass is 19.1. The van der Waals surface area contributed by atoms with Gasteiger partial charge in [-0.25, -0.2) is 4.39 Å². The van der Waals surface area contributed by atoms with Gasteiger partial charge < -0.3 is 5.84 Å². The molecule has 0 saturated carbocycles. The Balaban J connectivity index is 2.02. The van der Waals surface area contributed by atoms with Gasteiger partial charge in [0.25, 0.3) is 0 Å². The first-order valence-corrected chi connectivity index (χ1v) is 6.91. The Hall–Kier alpha value is -2.55. The van der Waals surface area contributed by atoms with Crippen molar-refractivity contribution in [1.82, 2.24) is 4.68 Å². The molecule has 0 aliphatic rings. The van der Waals surface area contributed by atoms with Crippen molar-refractivity contribution < 1.29 is 4.39 Å². The van der Waals surface area contributed by atoms with Gasteiger partial charge in [-0.05, 0) is 47.4 Å². The minimum atomic E-state index is -0.220. The topological polar surface area (TPSA) is 30.9 Å².